The fraction of sp³-hybridized carbons (Fsp3) is 0.333. The Morgan fingerprint density at radius 3 is 2.53 bits per heavy atom. The summed E-state index contributed by atoms with van der Waals surface area (Å²) in [6.07, 6.45) is -3.59. The van der Waals surface area contributed by atoms with Gasteiger partial charge in [0.05, 0.1) is 25.2 Å². The van der Waals surface area contributed by atoms with E-state index in [1.165, 1.54) is 19.2 Å². The summed E-state index contributed by atoms with van der Waals surface area (Å²) in [7, 11) is 1.29. The highest BCUT2D eigenvalue weighted by Gasteiger charge is 2.25. The van der Waals surface area contributed by atoms with Gasteiger partial charge in [-0.05, 0) is 11.6 Å². The molecule has 0 aliphatic heterocycles. The zero-order valence-corrected chi connectivity index (χ0v) is 10.1. The van der Waals surface area contributed by atoms with Crippen LogP contribution in [0.3, 0.4) is 0 Å². The molecule has 1 rings (SSSR count). The summed E-state index contributed by atoms with van der Waals surface area (Å²) < 4.78 is 4.80. The number of hydrogen-bond acceptors (Lipinski definition) is 6. The fourth-order valence-corrected chi connectivity index (χ4v) is 1.65. The van der Waals surface area contributed by atoms with Gasteiger partial charge in [-0.2, -0.15) is 0 Å². The van der Waals surface area contributed by atoms with E-state index in [-0.39, 0.29) is 16.9 Å². The molecule has 0 fully saturated rings. The number of carboxylic acid groups (broad SMARTS) is 1. The Bertz CT molecular complexity index is 483. The highest BCUT2D eigenvalue weighted by atomic mass is 16.5. The van der Waals surface area contributed by atoms with Gasteiger partial charge in [-0.15, -0.1) is 0 Å². The third-order valence-corrected chi connectivity index (χ3v) is 2.62. The number of phenolic OH excluding ortho intramolecular Hbond substituents is 1. The first-order chi connectivity index (χ1) is 8.92. The maximum absolute atomic E-state index is 10.9. The number of carbonyl (C=O) groups excluding carboxylic acids is 1. The molecule has 1 aromatic rings. The predicted molar refractivity (Wildman–Crippen MR) is 63.3 cm³/mol. The molecular formula is C12H14O7. The monoisotopic (exact) mass is 270 g/mol. The number of phenols is 1. The van der Waals surface area contributed by atoms with Gasteiger partial charge in [-0.1, -0.05) is 6.07 Å². The van der Waals surface area contributed by atoms with Crippen molar-refractivity contribution in [2.75, 3.05) is 7.11 Å². The minimum absolute atomic E-state index is 0.0331. The van der Waals surface area contributed by atoms with Gasteiger partial charge in [-0.25, -0.2) is 0 Å². The standard InChI is InChI=1S/C12H14O7/c1-19-9-3-2-6(7(5-13)12(9)18)11(17)8(14)4-10(15)16/h2-3,5,8,11,14,17-18H,4H2,1H3,(H,15,16). The van der Waals surface area contributed by atoms with E-state index >= 15 is 0 Å². The third kappa shape index (κ3) is 3.21. The number of carbonyl (C=O) groups is 2. The van der Waals surface area contributed by atoms with E-state index in [1.54, 1.807) is 0 Å². The van der Waals surface area contributed by atoms with Crippen LogP contribution in [0.25, 0.3) is 0 Å². The molecule has 4 N–H and O–H groups in total. The van der Waals surface area contributed by atoms with Gasteiger partial charge in [0, 0.05) is 0 Å². The molecule has 0 saturated carbocycles. The highest BCUT2D eigenvalue weighted by molar-refractivity contribution is 5.83. The molecule has 2 unspecified atom stereocenters. The maximum atomic E-state index is 10.9. The van der Waals surface area contributed by atoms with Crippen LogP contribution in [0.5, 0.6) is 11.5 Å². The largest absolute Gasteiger partial charge is 0.504 e. The normalized spacial score (nSPS) is 13.6. The second kappa shape index (κ2) is 6.17. The average Bonchev–Trinajstić information content (AvgIpc) is 2.36. The van der Waals surface area contributed by atoms with E-state index in [4.69, 9.17) is 9.84 Å². The van der Waals surface area contributed by atoms with Crippen molar-refractivity contribution in [1.82, 2.24) is 0 Å². The Hall–Kier alpha value is -2.12. The number of aromatic hydroxyl groups is 1. The lowest BCUT2D eigenvalue weighted by Gasteiger charge is -2.19. The molecular weight excluding hydrogens is 256 g/mol. The van der Waals surface area contributed by atoms with Crippen molar-refractivity contribution < 1.29 is 34.8 Å². The number of methoxy groups -OCH3 is 1. The van der Waals surface area contributed by atoms with Crippen LogP contribution in [0, 0.1) is 0 Å². The number of benzene rings is 1. The minimum atomic E-state index is -1.60. The van der Waals surface area contributed by atoms with Crippen LogP contribution >= 0.6 is 0 Å². The summed E-state index contributed by atoms with van der Waals surface area (Å²) in [6, 6.07) is 2.58. The quantitative estimate of drug-likeness (QED) is 0.539. The van der Waals surface area contributed by atoms with Gasteiger partial charge in [0.25, 0.3) is 0 Å². The first-order valence-electron chi connectivity index (χ1n) is 5.35. The van der Waals surface area contributed by atoms with Crippen LogP contribution in [-0.4, -0.2) is 45.9 Å². The second-order valence-electron chi connectivity index (χ2n) is 3.85. The lowest BCUT2D eigenvalue weighted by Crippen LogP contribution is -2.22. The molecule has 0 spiro atoms. The molecule has 0 aliphatic carbocycles. The van der Waals surface area contributed by atoms with Crippen molar-refractivity contribution in [1.29, 1.82) is 0 Å². The van der Waals surface area contributed by atoms with Gasteiger partial charge < -0.3 is 25.2 Å². The van der Waals surface area contributed by atoms with E-state index in [9.17, 15) is 24.9 Å². The second-order valence-corrected chi connectivity index (χ2v) is 3.85. The first-order valence-corrected chi connectivity index (χ1v) is 5.35. The van der Waals surface area contributed by atoms with Crippen LogP contribution in [0.2, 0.25) is 0 Å². The van der Waals surface area contributed by atoms with Gasteiger partial charge in [0.1, 0.15) is 6.10 Å². The number of aliphatic hydroxyl groups excluding tert-OH is 2. The first kappa shape index (κ1) is 14.9. The number of ether oxygens (including phenoxy) is 1. The van der Waals surface area contributed by atoms with Crippen LogP contribution in [0.1, 0.15) is 28.4 Å². The fourth-order valence-electron chi connectivity index (χ4n) is 1.65. The van der Waals surface area contributed by atoms with Crippen molar-refractivity contribution >= 4 is 12.3 Å². The molecule has 19 heavy (non-hydrogen) atoms. The van der Waals surface area contributed by atoms with Gasteiger partial charge in [0.2, 0.25) is 0 Å². The molecule has 7 nitrogen and oxygen atoms in total. The van der Waals surface area contributed by atoms with Crippen molar-refractivity contribution in [2.45, 2.75) is 18.6 Å². The van der Waals surface area contributed by atoms with Crippen LogP contribution in [-0.2, 0) is 4.79 Å². The Balaban J connectivity index is 3.16. The molecule has 0 aliphatic rings. The van der Waals surface area contributed by atoms with E-state index in [0.717, 1.165) is 0 Å². The zero-order chi connectivity index (χ0) is 14.6. The summed E-state index contributed by atoms with van der Waals surface area (Å²) in [4.78, 5) is 21.4. The van der Waals surface area contributed by atoms with Gasteiger partial charge in [0.15, 0.2) is 17.8 Å². The number of rotatable bonds is 6. The van der Waals surface area contributed by atoms with Crippen molar-refractivity contribution in [3.8, 4) is 11.5 Å². The summed E-state index contributed by atoms with van der Waals surface area (Å²) in [5, 5.41) is 37.6. The number of aliphatic hydroxyl groups is 2. The van der Waals surface area contributed by atoms with E-state index in [1.807, 2.05) is 0 Å². The molecule has 0 amide bonds. The predicted octanol–water partition coefficient (Wildman–Crippen LogP) is 0.0823. The lowest BCUT2D eigenvalue weighted by atomic mass is 9.96. The molecule has 0 saturated heterocycles. The summed E-state index contributed by atoms with van der Waals surface area (Å²) >= 11 is 0. The molecule has 0 radical (unpaired) electrons. The average molecular weight is 270 g/mol. The Morgan fingerprint density at radius 1 is 1.42 bits per heavy atom. The number of aldehydes is 1. The van der Waals surface area contributed by atoms with E-state index < -0.39 is 30.3 Å². The van der Waals surface area contributed by atoms with E-state index in [0.29, 0.717) is 6.29 Å². The van der Waals surface area contributed by atoms with Crippen molar-refractivity contribution in [2.24, 2.45) is 0 Å². The van der Waals surface area contributed by atoms with Gasteiger partial charge in [-0.3, -0.25) is 9.59 Å². The Labute approximate surface area is 108 Å². The smallest absolute Gasteiger partial charge is 0.306 e. The zero-order valence-electron chi connectivity index (χ0n) is 10.1. The molecule has 0 bridgehead atoms. The Morgan fingerprint density at radius 2 is 2.05 bits per heavy atom. The molecule has 1 aromatic carbocycles. The van der Waals surface area contributed by atoms with Crippen LogP contribution < -0.4 is 4.74 Å². The third-order valence-electron chi connectivity index (χ3n) is 2.62. The minimum Gasteiger partial charge on any atom is -0.504 e. The van der Waals surface area contributed by atoms with Gasteiger partial charge >= 0.3 is 5.97 Å². The summed E-state index contributed by atoms with van der Waals surface area (Å²) in [5.74, 6) is -1.74. The van der Waals surface area contributed by atoms with Crippen LogP contribution in [0.15, 0.2) is 12.1 Å². The van der Waals surface area contributed by atoms with Crippen molar-refractivity contribution in [3.63, 3.8) is 0 Å². The Kier molecular flexibility index (Phi) is 4.85. The number of aliphatic carboxylic acids is 1. The summed E-state index contributed by atoms with van der Waals surface area (Å²) in [5.41, 5.74) is -0.321. The van der Waals surface area contributed by atoms with E-state index in [2.05, 4.69) is 0 Å². The molecule has 0 aromatic heterocycles. The lowest BCUT2D eigenvalue weighted by molar-refractivity contribution is -0.141. The topological polar surface area (TPSA) is 124 Å². The molecule has 7 heteroatoms. The number of carboxylic acids is 1. The molecule has 0 heterocycles. The highest BCUT2D eigenvalue weighted by Crippen LogP contribution is 2.34. The van der Waals surface area contributed by atoms with Crippen LogP contribution in [0.4, 0.5) is 0 Å². The summed E-state index contributed by atoms with van der Waals surface area (Å²) in [6.45, 7) is 0. The molecule has 104 valence electrons. The molecule has 2 atom stereocenters. The number of hydrogen-bond donors (Lipinski definition) is 4. The maximum Gasteiger partial charge on any atom is 0.306 e. The SMILES string of the molecule is COc1ccc(C(O)C(O)CC(=O)O)c(C=O)c1O. The van der Waals surface area contributed by atoms with Crippen molar-refractivity contribution in [3.05, 3.63) is 23.3 Å².